The third kappa shape index (κ3) is 3.62. The average molecular weight is 373 g/mol. The number of piperidine rings is 1. The largest absolute Gasteiger partial charge is 0.339 e. The van der Waals surface area contributed by atoms with E-state index in [1.807, 2.05) is 29.2 Å². The minimum Gasteiger partial charge on any atom is -0.339 e. The molecule has 1 fully saturated rings. The molecular weight excluding hydrogens is 354 g/mol. The Kier molecular flexibility index (Phi) is 4.85. The molecule has 1 aliphatic heterocycles. The number of carbonyl (C=O) groups is 1. The molecule has 7 nitrogen and oxygen atoms in total. The number of benzene rings is 1. The number of aryl methyl sites for hydroxylation is 1. The molecule has 3 heterocycles. The van der Waals surface area contributed by atoms with Gasteiger partial charge in [0.1, 0.15) is 6.07 Å². The van der Waals surface area contributed by atoms with Gasteiger partial charge in [0.2, 0.25) is 11.7 Å². The number of nitrogens with zero attached hydrogens (tertiary/aromatic N) is 5. The second-order valence-electron chi connectivity index (χ2n) is 6.87. The first-order valence-electron chi connectivity index (χ1n) is 9.20. The van der Waals surface area contributed by atoms with Crippen LogP contribution in [0.25, 0.3) is 11.4 Å². The summed E-state index contributed by atoms with van der Waals surface area (Å²) in [6.07, 6.45) is 3.32. The Bertz CT molecular complexity index is 1030. The molecule has 0 radical (unpaired) electrons. The Morgan fingerprint density at radius 1 is 1.25 bits per heavy atom. The third-order valence-electron chi connectivity index (χ3n) is 5.01. The summed E-state index contributed by atoms with van der Waals surface area (Å²) in [5.41, 5.74) is 2.93. The molecule has 0 unspecified atom stereocenters. The van der Waals surface area contributed by atoms with E-state index >= 15 is 0 Å². The quantitative estimate of drug-likeness (QED) is 0.699. The highest BCUT2D eigenvalue weighted by Crippen LogP contribution is 2.28. The number of hydrogen-bond acceptors (Lipinski definition) is 6. The summed E-state index contributed by atoms with van der Waals surface area (Å²) in [5, 5.41) is 12.8. The molecule has 0 saturated carbocycles. The van der Waals surface area contributed by atoms with Gasteiger partial charge in [-0.2, -0.15) is 10.2 Å². The first kappa shape index (κ1) is 17.9. The topological polar surface area (TPSA) is 95.9 Å². The van der Waals surface area contributed by atoms with E-state index in [1.54, 1.807) is 25.3 Å². The molecule has 2 aromatic heterocycles. The van der Waals surface area contributed by atoms with Gasteiger partial charge >= 0.3 is 0 Å². The van der Waals surface area contributed by atoms with Crippen LogP contribution in [0.5, 0.6) is 0 Å². The predicted octanol–water partition coefficient (Wildman–Crippen LogP) is 3.33. The fraction of sp³-hybridized carbons (Fsp3) is 0.286. The highest BCUT2D eigenvalue weighted by atomic mass is 16.5. The van der Waals surface area contributed by atoms with Crippen molar-refractivity contribution in [2.75, 3.05) is 13.1 Å². The first-order valence-corrected chi connectivity index (χ1v) is 9.20. The molecule has 4 rings (SSSR count). The number of hydrogen-bond donors (Lipinski definition) is 0. The lowest BCUT2D eigenvalue weighted by molar-refractivity contribution is 0.0712. The number of likely N-dealkylation sites (tertiary alicyclic amines) is 1. The fourth-order valence-electron chi connectivity index (χ4n) is 3.48. The summed E-state index contributed by atoms with van der Waals surface area (Å²) in [6.45, 7) is 3.09. The number of amides is 1. The number of pyridine rings is 1. The van der Waals surface area contributed by atoms with Gasteiger partial charge in [-0.05, 0) is 37.1 Å². The molecule has 3 aromatic rings. The van der Waals surface area contributed by atoms with Crippen LogP contribution in [0.3, 0.4) is 0 Å². The van der Waals surface area contributed by atoms with Crippen LogP contribution >= 0.6 is 0 Å². The maximum Gasteiger partial charge on any atom is 0.253 e. The summed E-state index contributed by atoms with van der Waals surface area (Å²) in [4.78, 5) is 23.4. The Morgan fingerprint density at radius 3 is 2.71 bits per heavy atom. The molecule has 0 atom stereocenters. The summed E-state index contributed by atoms with van der Waals surface area (Å²) >= 11 is 0. The van der Waals surface area contributed by atoms with Crippen molar-refractivity contribution in [3.05, 3.63) is 65.3 Å². The number of carbonyl (C=O) groups excluding carboxylic acids is 1. The van der Waals surface area contributed by atoms with Gasteiger partial charge in [0.05, 0.1) is 5.56 Å². The van der Waals surface area contributed by atoms with Crippen LogP contribution in [0.1, 0.15) is 46.3 Å². The van der Waals surface area contributed by atoms with Crippen molar-refractivity contribution in [3.8, 4) is 17.5 Å². The SMILES string of the molecule is Cc1nc(-c2cccc(C(=O)N3CCC(c4ccc(C#N)cn4)CC3)c2)no1. The molecule has 1 aliphatic rings. The van der Waals surface area contributed by atoms with E-state index < -0.39 is 0 Å². The first-order chi connectivity index (χ1) is 13.6. The van der Waals surface area contributed by atoms with Gasteiger partial charge in [-0.1, -0.05) is 17.3 Å². The molecule has 7 heteroatoms. The molecule has 1 saturated heterocycles. The highest BCUT2D eigenvalue weighted by Gasteiger charge is 2.25. The van der Waals surface area contributed by atoms with Gasteiger partial charge in [0, 0.05) is 48.9 Å². The minimum atomic E-state index is 0.00769. The van der Waals surface area contributed by atoms with Crippen molar-refractivity contribution in [2.24, 2.45) is 0 Å². The van der Waals surface area contributed by atoms with Crippen molar-refractivity contribution in [2.45, 2.75) is 25.7 Å². The Balaban J connectivity index is 1.43. The highest BCUT2D eigenvalue weighted by molar-refractivity contribution is 5.95. The van der Waals surface area contributed by atoms with Crippen LogP contribution in [-0.2, 0) is 0 Å². The normalized spacial score (nSPS) is 14.6. The lowest BCUT2D eigenvalue weighted by Gasteiger charge is -2.32. The molecule has 0 bridgehead atoms. The number of rotatable bonds is 3. The predicted molar refractivity (Wildman–Crippen MR) is 101 cm³/mol. The van der Waals surface area contributed by atoms with Gasteiger partial charge in [-0.25, -0.2) is 0 Å². The van der Waals surface area contributed by atoms with E-state index in [2.05, 4.69) is 21.2 Å². The molecule has 28 heavy (non-hydrogen) atoms. The van der Waals surface area contributed by atoms with E-state index in [-0.39, 0.29) is 5.91 Å². The molecule has 0 aliphatic carbocycles. The maximum absolute atomic E-state index is 12.9. The third-order valence-corrected chi connectivity index (χ3v) is 5.01. The Labute approximate surface area is 162 Å². The van der Waals surface area contributed by atoms with Crippen molar-refractivity contribution in [1.82, 2.24) is 20.0 Å². The Hall–Kier alpha value is -3.53. The summed E-state index contributed by atoms with van der Waals surface area (Å²) in [5.74, 6) is 1.29. The molecule has 140 valence electrons. The van der Waals surface area contributed by atoms with Crippen molar-refractivity contribution >= 4 is 5.91 Å². The average Bonchev–Trinajstić information content (AvgIpc) is 3.20. The number of aromatic nitrogens is 3. The van der Waals surface area contributed by atoms with Crippen LogP contribution in [0.2, 0.25) is 0 Å². The second-order valence-corrected chi connectivity index (χ2v) is 6.87. The van der Waals surface area contributed by atoms with E-state index in [0.29, 0.717) is 41.8 Å². The van der Waals surface area contributed by atoms with Gasteiger partial charge in [0.15, 0.2) is 0 Å². The summed E-state index contributed by atoms with van der Waals surface area (Å²) in [7, 11) is 0. The minimum absolute atomic E-state index is 0.00769. The van der Waals surface area contributed by atoms with Crippen molar-refractivity contribution < 1.29 is 9.32 Å². The zero-order chi connectivity index (χ0) is 19.5. The zero-order valence-electron chi connectivity index (χ0n) is 15.5. The lowest BCUT2D eigenvalue weighted by atomic mass is 9.92. The van der Waals surface area contributed by atoms with Gasteiger partial charge in [-0.3, -0.25) is 9.78 Å². The van der Waals surface area contributed by atoms with E-state index in [1.165, 1.54) is 0 Å². The van der Waals surface area contributed by atoms with E-state index in [4.69, 9.17) is 9.78 Å². The molecule has 0 spiro atoms. The van der Waals surface area contributed by atoms with Gasteiger partial charge in [0.25, 0.3) is 5.91 Å². The van der Waals surface area contributed by atoms with Crippen LogP contribution in [0.4, 0.5) is 0 Å². The van der Waals surface area contributed by atoms with Crippen LogP contribution < -0.4 is 0 Å². The Morgan fingerprint density at radius 2 is 2.07 bits per heavy atom. The molecule has 1 aromatic carbocycles. The molecule has 1 amide bonds. The van der Waals surface area contributed by atoms with Crippen LogP contribution in [-0.4, -0.2) is 39.0 Å². The lowest BCUT2D eigenvalue weighted by Crippen LogP contribution is -2.38. The van der Waals surface area contributed by atoms with Crippen LogP contribution in [0, 0.1) is 18.3 Å². The second kappa shape index (κ2) is 7.61. The molecule has 0 N–H and O–H groups in total. The smallest absolute Gasteiger partial charge is 0.253 e. The van der Waals surface area contributed by atoms with E-state index in [0.717, 1.165) is 24.1 Å². The summed E-state index contributed by atoms with van der Waals surface area (Å²) < 4.78 is 5.02. The van der Waals surface area contributed by atoms with Crippen LogP contribution in [0.15, 0.2) is 47.1 Å². The fourth-order valence-corrected chi connectivity index (χ4v) is 3.48. The van der Waals surface area contributed by atoms with Crippen molar-refractivity contribution in [1.29, 1.82) is 5.26 Å². The van der Waals surface area contributed by atoms with Gasteiger partial charge < -0.3 is 9.42 Å². The van der Waals surface area contributed by atoms with E-state index in [9.17, 15) is 4.79 Å². The standard InChI is InChI=1S/C21H19N5O2/c1-14-24-20(25-28-14)17-3-2-4-18(11-17)21(27)26-9-7-16(8-10-26)19-6-5-15(12-22)13-23-19/h2-6,11,13,16H,7-10H2,1H3. The number of nitriles is 1. The van der Waals surface area contributed by atoms with Gasteiger partial charge in [-0.15, -0.1) is 0 Å². The monoisotopic (exact) mass is 373 g/mol. The molecular formula is C21H19N5O2. The van der Waals surface area contributed by atoms with Crippen molar-refractivity contribution in [3.63, 3.8) is 0 Å². The zero-order valence-corrected chi connectivity index (χ0v) is 15.5. The maximum atomic E-state index is 12.9. The summed E-state index contributed by atoms with van der Waals surface area (Å²) in [6, 6.07) is 13.1.